The average Bonchev–Trinajstić information content (AvgIpc) is 2.72. The van der Waals surface area contributed by atoms with Gasteiger partial charge in [-0.3, -0.25) is 14.9 Å². The third-order valence-corrected chi connectivity index (χ3v) is 4.11. The van der Waals surface area contributed by atoms with Gasteiger partial charge in [-0.05, 0) is 48.5 Å². The molecule has 30 heavy (non-hydrogen) atoms. The van der Waals surface area contributed by atoms with Crippen molar-refractivity contribution in [1.29, 1.82) is 0 Å². The van der Waals surface area contributed by atoms with Crippen LogP contribution in [0.5, 0.6) is 5.75 Å². The second-order valence-corrected chi connectivity index (χ2v) is 7.35. The quantitative estimate of drug-likeness (QED) is 0.419. The van der Waals surface area contributed by atoms with Gasteiger partial charge in [-0.15, -0.1) is 0 Å². The zero-order chi connectivity index (χ0) is 21.9. The number of anilines is 1. The Bertz CT molecular complexity index is 886. The van der Waals surface area contributed by atoms with Crippen molar-refractivity contribution in [2.75, 3.05) is 32.2 Å². The minimum absolute atomic E-state index is 0.121. The molecule has 2 amide bonds. The zero-order valence-electron chi connectivity index (χ0n) is 17.4. The van der Waals surface area contributed by atoms with Gasteiger partial charge in [0.15, 0.2) is 5.11 Å². The van der Waals surface area contributed by atoms with Gasteiger partial charge in [-0.25, -0.2) is 0 Å². The van der Waals surface area contributed by atoms with Crippen molar-refractivity contribution < 1.29 is 19.1 Å². The van der Waals surface area contributed by atoms with E-state index < -0.39 is 0 Å². The number of hydrogen-bond acceptors (Lipinski definition) is 5. The lowest BCUT2D eigenvalue weighted by Crippen LogP contribution is -2.34. The lowest BCUT2D eigenvalue weighted by Gasteiger charge is -2.14. The van der Waals surface area contributed by atoms with Crippen LogP contribution in [0.3, 0.4) is 0 Å². The number of rotatable bonds is 9. The lowest BCUT2D eigenvalue weighted by molar-refractivity contribution is 0.0935. The summed E-state index contributed by atoms with van der Waals surface area (Å²) in [5.74, 6) is 0.242. The smallest absolute Gasteiger partial charge is 0.261 e. The molecule has 2 aromatic rings. The molecule has 2 rings (SSSR count). The summed E-state index contributed by atoms with van der Waals surface area (Å²) in [5.41, 5.74) is 1.45. The van der Waals surface area contributed by atoms with Gasteiger partial charge >= 0.3 is 0 Å². The lowest BCUT2D eigenvalue weighted by atomic mass is 10.2. The molecule has 160 valence electrons. The summed E-state index contributed by atoms with van der Waals surface area (Å²) in [5, 5.41) is 8.45. The zero-order valence-corrected chi connectivity index (χ0v) is 18.2. The standard InChI is InChI=1S/C22H27N3O4S/c1-15(2)14-29-19-10-5-4-9-18(19)21(27)25-22(30)24-17-8-6-7-16(13-17)20(26)23-11-12-28-3/h4-10,13,15H,11-12,14H2,1-3H3,(H,23,26)(H2,24,25,27,30). The van der Waals surface area contributed by atoms with Gasteiger partial charge in [0.05, 0.1) is 18.8 Å². The summed E-state index contributed by atoms with van der Waals surface area (Å²) in [7, 11) is 1.57. The number of ether oxygens (including phenoxy) is 2. The highest BCUT2D eigenvalue weighted by molar-refractivity contribution is 7.80. The van der Waals surface area contributed by atoms with Gasteiger partial charge in [0, 0.05) is 24.9 Å². The molecule has 0 bridgehead atoms. The van der Waals surface area contributed by atoms with E-state index in [1.165, 1.54) is 0 Å². The number of carbonyl (C=O) groups excluding carboxylic acids is 2. The van der Waals surface area contributed by atoms with Crippen LogP contribution in [0.15, 0.2) is 48.5 Å². The summed E-state index contributed by atoms with van der Waals surface area (Å²) >= 11 is 5.26. The minimum atomic E-state index is -0.375. The van der Waals surface area contributed by atoms with E-state index in [2.05, 4.69) is 16.0 Å². The molecule has 8 heteroatoms. The molecule has 0 saturated heterocycles. The van der Waals surface area contributed by atoms with Crippen LogP contribution in [0, 0.1) is 5.92 Å². The fourth-order valence-electron chi connectivity index (χ4n) is 2.48. The molecule has 0 atom stereocenters. The van der Waals surface area contributed by atoms with Crippen LogP contribution in [-0.4, -0.2) is 43.8 Å². The number of para-hydroxylation sites is 1. The van der Waals surface area contributed by atoms with E-state index in [1.54, 1.807) is 49.6 Å². The van der Waals surface area contributed by atoms with Gasteiger partial charge in [-0.1, -0.05) is 32.0 Å². The van der Waals surface area contributed by atoms with Crippen LogP contribution < -0.4 is 20.7 Å². The largest absolute Gasteiger partial charge is 0.492 e. The number of thiocarbonyl (C=S) groups is 1. The van der Waals surface area contributed by atoms with Crippen LogP contribution in [0.25, 0.3) is 0 Å². The Hall–Kier alpha value is -2.97. The highest BCUT2D eigenvalue weighted by atomic mass is 32.1. The number of nitrogens with one attached hydrogen (secondary N) is 3. The van der Waals surface area contributed by atoms with Crippen molar-refractivity contribution in [1.82, 2.24) is 10.6 Å². The first-order chi connectivity index (χ1) is 14.4. The molecule has 0 spiro atoms. The minimum Gasteiger partial charge on any atom is -0.492 e. The molecule has 0 saturated carbocycles. The summed E-state index contributed by atoms with van der Waals surface area (Å²) in [6.07, 6.45) is 0. The first kappa shape index (κ1) is 23.3. The van der Waals surface area contributed by atoms with Crippen molar-refractivity contribution in [2.45, 2.75) is 13.8 Å². The van der Waals surface area contributed by atoms with Gasteiger partial charge < -0.3 is 20.1 Å². The van der Waals surface area contributed by atoms with Crippen LogP contribution in [0.4, 0.5) is 5.69 Å². The summed E-state index contributed by atoms with van der Waals surface area (Å²) in [6, 6.07) is 13.8. The molecule has 0 aliphatic rings. The second kappa shape index (κ2) is 11.9. The molecule has 0 aromatic heterocycles. The second-order valence-electron chi connectivity index (χ2n) is 6.94. The number of carbonyl (C=O) groups is 2. The van der Waals surface area contributed by atoms with E-state index in [0.717, 1.165) is 0 Å². The predicted molar refractivity (Wildman–Crippen MR) is 121 cm³/mol. The Morgan fingerprint density at radius 3 is 2.57 bits per heavy atom. The Kier molecular flexibility index (Phi) is 9.24. The topological polar surface area (TPSA) is 88.7 Å². The van der Waals surface area contributed by atoms with Crippen LogP contribution in [0.1, 0.15) is 34.6 Å². The maximum Gasteiger partial charge on any atom is 0.261 e. The van der Waals surface area contributed by atoms with Crippen molar-refractivity contribution in [2.24, 2.45) is 5.92 Å². The normalized spacial score (nSPS) is 10.4. The molecule has 7 nitrogen and oxygen atoms in total. The Labute approximate surface area is 182 Å². The summed E-state index contributed by atoms with van der Waals surface area (Å²) < 4.78 is 10.6. The molecule has 0 radical (unpaired) electrons. The summed E-state index contributed by atoms with van der Waals surface area (Å²) in [6.45, 7) is 5.43. The van der Waals surface area contributed by atoms with E-state index in [0.29, 0.717) is 48.2 Å². The predicted octanol–water partition coefficient (Wildman–Crippen LogP) is 3.22. The Morgan fingerprint density at radius 2 is 1.83 bits per heavy atom. The number of amides is 2. The van der Waals surface area contributed by atoms with E-state index >= 15 is 0 Å². The number of benzene rings is 2. The maximum atomic E-state index is 12.6. The Balaban J connectivity index is 1.98. The van der Waals surface area contributed by atoms with Crippen LogP contribution in [-0.2, 0) is 4.74 Å². The molecule has 0 aliphatic carbocycles. The molecule has 0 unspecified atom stereocenters. The molecular formula is C22H27N3O4S. The first-order valence-electron chi connectivity index (χ1n) is 9.62. The monoisotopic (exact) mass is 429 g/mol. The first-order valence-corrected chi connectivity index (χ1v) is 10.0. The highest BCUT2D eigenvalue weighted by Crippen LogP contribution is 2.19. The average molecular weight is 430 g/mol. The summed E-state index contributed by atoms with van der Waals surface area (Å²) in [4.78, 5) is 24.8. The van der Waals surface area contributed by atoms with Crippen molar-refractivity contribution in [3.63, 3.8) is 0 Å². The van der Waals surface area contributed by atoms with E-state index in [-0.39, 0.29) is 16.9 Å². The molecule has 0 aliphatic heterocycles. The molecule has 2 aromatic carbocycles. The van der Waals surface area contributed by atoms with Crippen LogP contribution in [0.2, 0.25) is 0 Å². The van der Waals surface area contributed by atoms with Crippen molar-refractivity contribution >= 4 is 34.8 Å². The van der Waals surface area contributed by atoms with E-state index in [4.69, 9.17) is 21.7 Å². The van der Waals surface area contributed by atoms with Crippen LogP contribution >= 0.6 is 12.2 Å². The molecular weight excluding hydrogens is 402 g/mol. The molecule has 0 fully saturated rings. The van der Waals surface area contributed by atoms with Gasteiger partial charge in [0.2, 0.25) is 0 Å². The Morgan fingerprint density at radius 1 is 1.07 bits per heavy atom. The highest BCUT2D eigenvalue weighted by Gasteiger charge is 2.14. The molecule has 3 N–H and O–H groups in total. The maximum absolute atomic E-state index is 12.6. The molecule has 0 heterocycles. The van der Waals surface area contributed by atoms with Gasteiger partial charge in [0.25, 0.3) is 11.8 Å². The number of hydrogen-bond donors (Lipinski definition) is 3. The van der Waals surface area contributed by atoms with E-state index in [9.17, 15) is 9.59 Å². The van der Waals surface area contributed by atoms with Gasteiger partial charge in [-0.2, -0.15) is 0 Å². The number of methoxy groups -OCH3 is 1. The van der Waals surface area contributed by atoms with Gasteiger partial charge in [0.1, 0.15) is 5.75 Å². The third kappa shape index (κ3) is 7.46. The third-order valence-electron chi connectivity index (χ3n) is 3.91. The van der Waals surface area contributed by atoms with Crippen molar-refractivity contribution in [3.8, 4) is 5.75 Å². The fraction of sp³-hybridized carbons (Fsp3) is 0.318. The van der Waals surface area contributed by atoms with E-state index in [1.807, 2.05) is 19.9 Å². The fourth-order valence-corrected chi connectivity index (χ4v) is 2.69. The van der Waals surface area contributed by atoms with Crippen molar-refractivity contribution in [3.05, 3.63) is 59.7 Å². The SMILES string of the molecule is COCCNC(=O)c1cccc(NC(=S)NC(=O)c2ccccc2OCC(C)C)c1.